The van der Waals surface area contributed by atoms with Crippen LogP contribution in [-0.2, 0) is 4.79 Å². The lowest BCUT2D eigenvalue weighted by Gasteiger charge is -2.34. The van der Waals surface area contributed by atoms with Crippen LogP contribution >= 0.6 is 0 Å². The average molecular weight is 255 g/mol. The van der Waals surface area contributed by atoms with Crippen LogP contribution in [0.5, 0.6) is 0 Å². The van der Waals surface area contributed by atoms with Gasteiger partial charge in [-0.25, -0.2) is 0 Å². The van der Waals surface area contributed by atoms with Gasteiger partial charge in [0.15, 0.2) is 0 Å². The first-order valence-corrected chi connectivity index (χ1v) is 7.34. The largest absolute Gasteiger partial charge is 0.395 e. The molecule has 18 heavy (non-hydrogen) atoms. The molecule has 0 unspecified atom stereocenters. The van der Waals surface area contributed by atoms with Gasteiger partial charge in [0, 0.05) is 19.0 Å². The summed E-state index contributed by atoms with van der Waals surface area (Å²) in [4.78, 5) is 14.2. The van der Waals surface area contributed by atoms with Crippen LogP contribution < -0.4 is 0 Å². The number of carbonyl (C=O) groups is 1. The van der Waals surface area contributed by atoms with Crippen LogP contribution in [0.3, 0.4) is 0 Å². The fourth-order valence-electron chi connectivity index (χ4n) is 2.64. The van der Waals surface area contributed by atoms with Crippen molar-refractivity contribution in [2.75, 3.05) is 13.2 Å². The third-order valence-corrected chi connectivity index (χ3v) is 3.77. The lowest BCUT2D eigenvalue weighted by atomic mass is 9.89. The van der Waals surface area contributed by atoms with E-state index in [4.69, 9.17) is 5.11 Å². The van der Waals surface area contributed by atoms with E-state index in [2.05, 4.69) is 20.8 Å². The van der Waals surface area contributed by atoms with Crippen molar-refractivity contribution in [2.45, 2.75) is 71.8 Å². The second-order valence-corrected chi connectivity index (χ2v) is 6.66. The minimum atomic E-state index is 0.0811. The molecule has 0 radical (unpaired) electrons. The fourth-order valence-corrected chi connectivity index (χ4v) is 2.64. The molecule has 0 saturated heterocycles. The van der Waals surface area contributed by atoms with Gasteiger partial charge in [0.25, 0.3) is 0 Å². The van der Waals surface area contributed by atoms with Gasteiger partial charge in [-0.05, 0) is 24.7 Å². The van der Waals surface area contributed by atoms with Crippen molar-refractivity contribution < 1.29 is 9.90 Å². The molecule has 1 saturated carbocycles. The van der Waals surface area contributed by atoms with Crippen molar-refractivity contribution in [3.63, 3.8) is 0 Å². The van der Waals surface area contributed by atoms with E-state index in [0.717, 1.165) is 19.3 Å². The highest BCUT2D eigenvalue weighted by Gasteiger charge is 2.25. The van der Waals surface area contributed by atoms with Crippen LogP contribution in [0.15, 0.2) is 0 Å². The van der Waals surface area contributed by atoms with Gasteiger partial charge in [0.2, 0.25) is 5.91 Å². The van der Waals surface area contributed by atoms with Crippen molar-refractivity contribution in [2.24, 2.45) is 5.41 Å². The van der Waals surface area contributed by atoms with Crippen LogP contribution in [0.25, 0.3) is 0 Å². The van der Waals surface area contributed by atoms with E-state index in [-0.39, 0.29) is 17.9 Å². The molecule has 3 heteroatoms. The summed E-state index contributed by atoms with van der Waals surface area (Å²) in [5.74, 6) is 0.228. The average Bonchev–Trinajstić information content (AvgIpc) is 2.33. The molecule has 1 fully saturated rings. The van der Waals surface area contributed by atoms with E-state index < -0.39 is 0 Å². The number of hydrogen-bond donors (Lipinski definition) is 1. The van der Waals surface area contributed by atoms with Crippen LogP contribution in [0.1, 0.15) is 65.7 Å². The van der Waals surface area contributed by atoms with Crippen molar-refractivity contribution in [1.82, 2.24) is 4.90 Å². The normalized spacial score (nSPS) is 17.8. The molecular formula is C15H29NO2. The summed E-state index contributed by atoms with van der Waals surface area (Å²) in [6, 6.07) is 0.373. The minimum Gasteiger partial charge on any atom is -0.395 e. The standard InChI is InChI=1S/C15H29NO2/c1-15(2,3)10-9-14(18)16(11-12-17)13-7-5-4-6-8-13/h13,17H,4-12H2,1-3H3. The SMILES string of the molecule is CC(C)(C)CCC(=O)N(CCO)C1CCCCC1. The van der Waals surface area contributed by atoms with Crippen LogP contribution in [0, 0.1) is 5.41 Å². The van der Waals surface area contributed by atoms with Gasteiger partial charge in [0.1, 0.15) is 0 Å². The number of rotatable bonds is 5. The van der Waals surface area contributed by atoms with E-state index in [1.54, 1.807) is 0 Å². The molecule has 106 valence electrons. The molecule has 1 rings (SSSR count). The third kappa shape index (κ3) is 5.38. The Morgan fingerprint density at radius 3 is 2.33 bits per heavy atom. The monoisotopic (exact) mass is 255 g/mol. The number of carbonyl (C=O) groups excluding carboxylic acids is 1. The molecule has 0 aromatic heterocycles. The molecule has 0 aromatic rings. The number of amides is 1. The summed E-state index contributed by atoms with van der Waals surface area (Å²) >= 11 is 0. The van der Waals surface area contributed by atoms with Gasteiger partial charge in [-0.3, -0.25) is 4.79 Å². The maximum Gasteiger partial charge on any atom is 0.222 e. The Morgan fingerprint density at radius 2 is 1.83 bits per heavy atom. The summed E-state index contributed by atoms with van der Waals surface area (Å²) in [5, 5.41) is 9.15. The first-order valence-electron chi connectivity index (χ1n) is 7.34. The second-order valence-electron chi connectivity index (χ2n) is 6.66. The van der Waals surface area contributed by atoms with E-state index in [9.17, 15) is 4.79 Å². The fraction of sp³-hybridized carbons (Fsp3) is 0.933. The van der Waals surface area contributed by atoms with Crippen LogP contribution in [0.2, 0.25) is 0 Å². The lowest BCUT2D eigenvalue weighted by molar-refractivity contribution is -0.135. The minimum absolute atomic E-state index is 0.0811. The summed E-state index contributed by atoms with van der Waals surface area (Å²) < 4.78 is 0. The maximum atomic E-state index is 12.3. The molecule has 0 atom stereocenters. The lowest BCUT2D eigenvalue weighted by Crippen LogP contribution is -2.43. The molecule has 3 nitrogen and oxygen atoms in total. The van der Waals surface area contributed by atoms with Gasteiger partial charge in [-0.15, -0.1) is 0 Å². The highest BCUT2D eigenvalue weighted by molar-refractivity contribution is 5.76. The van der Waals surface area contributed by atoms with Crippen molar-refractivity contribution in [1.29, 1.82) is 0 Å². The Morgan fingerprint density at radius 1 is 1.22 bits per heavy atom. The van der Waals surface area contributed by atoms with E-state index in [1.807, 2.05) is 4.90 Å². The smallest absolute Gasteiger partial charge is 0.222 e. The summed E-state index contributed by atoms with van der Waals surface area (Å²) in [6.07, 6.45) is 7.49. The Labute approximate surface area is 112 Å². The zero-order valence-corrected chi connectivity index (χ0v) is 12.2. The highest BCUT2D eigenvalue weighted by Crippen LogP contribution is 2.25. The Bertz CT molecular complexity index is 252. The predicted molar refractivity (Wildman–Crippen MR) is 74.4 cm³/mol. The van der Waals surface area contributed by atoms with Crippen LogP contribution in [0.4, 0.5) is 0 Å². The van der Waals surface area contributed by atoms with E-state index in [1.165, 1.54) is 19.3 Å². The number of hydrogen-bond acceptors (Lipinski definition) is 2. The molecule has 1 N–H and O–H groups in total. The molecule has 1 amide bonds. The Balaban J connectivity index is 2.51. The molecule has 0 aliphatic heterocycles. The highest BCUT2D eigenvalue weighted by atomic mass is 16.3. The van der Waals surface area contributed by atoms with E-state index >= 15 is 0 Å². The molecule has 0 aromatic carbocycles. The van der Waals surface area contributed by atoms with Crippen molar-refractivity contribution >= 4 is 5.91 Å². The zero-order chi connectivity index (χ0) is 13.6. The number of nitrogens with zero attached hydrogens (tertiary/aromatic N) is 1. The Hall–Kier alpha value is -0.570. The van der Waals surface area contributed by atoms with Crippen molar-refractivity contribution in [3.05, 3.63) is 0 Å². The molecule has 0 spiro atoms. The number of aliphatic hydroxyl groups is 1. The molecule has 0 heterocycles. The first-order chi connectivity index (χ1) is 8.44. The molecule has 1 aliphatic rings. The van der Waals surface area contributed by atoms with Crippen molar-refractivity contribution in [3.8, 4) is 0 Å². The predicted octanol–water partition coefficient (Wildman–Crippen LogP) is 2.97. The van der Waals surface area contributed by atoms with E-state index in [0.29, 0.717) is 19.0 Å². The molecule has 0 bridgehead atoms. The molecular weight excluding hydrogens is 226 g/mol. The van der Waals surface area contributed by atoms with Gasteiger partial charge >= 0.3 is 0 Å². The topological polar surface area (TPSA) is 40.5 Å². The summed E-state index contributed by atoms with van der Waals surface area (Å²) in [7, 11) is 0. The Kier molecular flexibility index (Phi) is 6.13. The second kappa shape index (κ2) is 7.13. The van der Waals surface area contributed by atoms with Gasteiger partial charge in [-0.1, -0.05) is 40.0 Å². The van der Waals surface area contributed by atoms with Gasteiger partial charge in [-0.2, -0.15) is 0 Å². The van der Waals surface area contributed by atoms with Crippen LogP contribution in [-0.4, -0.2) is 35.1 Å². The maximum absolute atomic E-state index is 12.3. The van der Waals surface area contributed by atoms with Gasteiger partial charge < -0.3 is 10.0 Å². The zero-order valence-electron chi connectivity index (χ0n) is 12.2. The quantitative estimate of drug-likeness (QED) is 0.820. The molecule has 1 aliphatic carbocycles. The third-order valence-electron chi connectivity index (χ3n) is 3.77. The summed E-state index contributed by atoms with van der Waals surface area (Å²) in [5.41, 5.74) is 0.201. The summed E-state index contributed by atoms with van der Waals surface area (Å²) in [6.45, 7) is 7.08. The first kappa shape index (κ1) is 15.5. The van der Waals surface area contributed by atoms with Gasteiger partial charge in [0.05, 0.1) is 6.61 Å². The number of aliphatic hydroxyl groups excluding tert-OH is 1.